The summed E-state index contributed by atoms with van der Waals surface area (Å²) < 4.78 is 5.62. The van der Waals surface area contributed by atoms with E-state index in [0.717, 1.165) is 5.75 Å². The molecule has 0 aromatic rings. The third-order valence-corrected chi connectivity index (χ3v) is 3.36. The minimum atomic E-state index is -0.169. The van der Waals surface area contributed by atoms with Crippen LogP contribution in [0.15, 0.2) is 0 Å². The van der Waals surface area contributed by atoms with E-state index in [4.69, 9.17) is 10.5 Å². The molecule has 0 aliphatic carbocycles. The van der Waals surface area contributed by atoms with Crippen LogP contribution in [0, 0.1) is 0 Å². The van der Waals surface area contributed by atoms with E-state index in [1.165, 1.54) is 0 Å². The molecular weight excluding hydrogens is 170 g/mol. The average Bonchev–Trinajstić information content (AvgIpc) is 1.99. The average molecular weight is 191 g/mol. The molecule has 1 atom stereocenters. The zero-order valence-electron chi connectivity index (χ0n) is 8.81. The predicted molar refractivity (Wildman–Crippen MR) is 56.7 cm³/mol. The van der Waals surface area contributed by atoms with Gasteiger partial charge in [-0.2, -0.15) is 11.8 Å². The van der Waals surface area contributed by atoms with Gasteiger partial charge in [0.25, 0.3) is 0 Å². The van der Waals surface area contributed by atoms with Gasteiger partial charge < -0.3 is 10.5 Å². The molecule has 0 aliphatic rings. The second-order valence-corrected chi connectivity index (χ2v) is 6.06. The van der Waals surface area contributed by atoms with Gasteiger partial charge in [0.15, 0.2) is 0 Å². The Morgan fingerprint density at radius 3 is 2.00 bits per heavy atom. The van der Waals surface area contributed by atoms with Crippen molar-refractivity contribution in [3.8, 4) is 0 Å². The Morgan fingerprint density at radius 2 is 1.75 bits per heavy atom. The van der Waals surface area contributed by atoms with Gasteiger partial charge in [0.1, 0.15) is 0 Å². The second-order valence-electron chi connectivity index (χ2n) is 4.26. The quantitative estimate of drug-likeness (QED) is 0.737. The van der Waals surface area contributed by atoms with Crippen molar-refractivity contribution in [3.63, 3.8) is 0 Å². The predicted octanol–water partition coefficient (Wildman–Crippen LogP) is 1.88. The number of hydrogen-bond acceptors (Lipinski definition) is 3. The summed E-state index contributed by atoms with van der Waals surface area (Å²) in [6.07, 6.45) is 0. The van der Waals surface area contributed by atoms with Crippen molar-refractivity contribution in [2.75, 3.05) is 19.4 Å². The molecule has 0 amide bonds. The van der Waals surface area contributed by atoms with E-state index in [1.54, 1.807) is 7.11 Å². The molecule has 0 rings (SSSR count). The Bertz CT molecular complexity index is 127. The van der Waals surface area contributed by atoms with Gasteiger partial charge in [0, 0.05) is 24.2 Å². The van der Waals surface area contributed by atoms with Crippen LogP contribution < -0.4 is 5.73 Å². The molecule has 0 radical (unpaired) electrons. The van der Waals surface area contributed by atoms with E-state index in [9.17, 15) is 0 Å². The van der Waals surface area contributed by atoms with E-state index in [1.807, 2.05) is 18.7 Å². The van der Waals surface area contributed by atoms with Crippen LogP contribution in [0.4, 0.5) is 0 Å². The Morgan fingerprint density at radius 1 is 1.25 bits per heavy atom. The Labute approximate surface area is 80.2 Å². The smallest absolute Gasteiger partial charge is 0.0862 e. The van der Waals surface area contributed by atoms with Crippen molar-refractivity contribution in [1.29, 1.82) is 0 Å². The van der Waals surface area contributed by atoms with E-state index in [2.05, 4.69) is 20.8 Å². The number of ether oxygens (including phenoxy) is 1. The van der Waals surface area contributed by atoms with Crippen molar-refractivity contribution >= 4 is 11.8 Å². The molecule has 0 fully saturated rings. The highest BCUT2D eigenvalue weighted by Crippen LogP contribution is 2.27. The van der Waals surface area contributed by atoms with Crippen LogP contribution in [-0.2, 0) is 4.74 Å². The number of methoxy groups -OCH3 is 1. The molecule has 0 aromatic carbocycles. The lowest BCUT2D eigenvalue weighted by atomic mass is 10.1. The first-order valence-electron chi connectivity index (χ1n) is 4.22. The highest BCUT2D eigenvalue weighted by molar-refractivity contribution is 8.00. The highest BCUT2D eigenvalue weighted by Gasteiger charge is 2.24. The molecular formula is C9H21NOS. The summed E-state index contributed by atoms with van der Waals surface area (Å²) >= 11 is 1.88. The van der Waals surface area contributed by atoms with Crippen LogP contribution in [0.25, 0.3) is 0 Å². The Balaban J connectivity index is 3.89. The lowest BCUT2D eigenvalue weighted by Gasteiger charge is -2.29. The summed E-state index contributed by atoms with van der Waals surface area (Å²) in [5, 5.41) is 0. The van der Waals surface area contributed by atoms with Crippen LogP contribution in [0.1, 0.15) is 27.7 Å². The molecule has 0 saturated heterocycles. The molecule has 0 bridgehead atoms. The first kappa shape index (κ1) is 12.3. The molecule has 1 unspecified atom stereocenters. The maximum Gasteiger partial charge on any atom is 0.0862 e. The van der Waals surface area contributed by atoms with Crippen LogP contribution in [0.5, 0.6) is 0 Å². The third kappa shape index (κ3) is 5.01. The van der Waals surface area contributed by atoms with Crippen LogP contribution >= 0.6 is 11.8 Å². The fourth-order valence-electron chi connectivity index (χ4n) is 0.570. The van der Waals surface area contributed by atoms with E-state index in [-0.39, 0.29) is 10.3 Å². The number of thioether (sulfide) groups is 1. The van der Waals surface area contributed by atoms with Crippen molar-refractivity contribution in [2.45, 2.75) is 38.0 Å². The third-order valence-electron chi connectivity index (χ3n) is 1.74. The number of rotatable bonds is 4. The van der Waals surface area contributed by atoms with Gasteiger partial charge in [0.05, 0.1) is 5.60 Å². The molecule has 3 heteroatoms. The van der Waals surface area contributed by atoms with Gasteiger partial charge in [0.2, 0.25) is 0 Å². The molecule has 0 spiro atoms. The molecule has 74 valence electrons. The van der Waals surface area contributed by atoms with Crippen molar-refractivity contribution < 1.29 is 4.74 Å². The monoisotopic (exact) mass is 191 g/mol. The molecule has 12 heavy (non-hydrogen) atoms. The first-order valence-corrected chi connectivity index (χ1v) is 5.21. The zero-order chi connectivity index (χ0) is 9.83. The zero-order valence-corrected chi connectivity index (χ0v) is 9.62. The van der Waals surface area contributed by atoms with Crippen LogP contribution in [0.2, 0.25) is 0 Å². The fraction of sp³-hybridized carbons (Fsp3) is 1.00. The van der Waals surface area contributed by atoms with Gasteiger partial charge in [-0.3, -0.25) is 0 Å². The highest BCUT2D eigenvalue weighted by atomic mass is 32.2. The standard InChI is InChI=1S/C9H21NOS/c1-8(2,3)12-7-9(4,6-10)11-5/h6-7,10H2,1-5H3. The number of nitrogens with two attached hydrogens (primary N) is 1. The lowest BCUT2D eigenvalue weighted by molar-refractivity contribution is 0.0348. The van der Waals surface area contributed by atoms with Crippen molar-refractivity contribution in [3.05, 3.63) is 0 Å². The summed E-state index contributed by atoms with van der Waals surface area (Å²) in [4.78, 5) is 0. The Kier molecular flexibility index (Phi) is 4.59. The van der Waals surface area contributed by atoms with Gasteiger partial charge >= 0.3 is 0 Å². The molecule has 2 nitrogen and oxygen atoms in total. The topological polar surface area (TPSA) is 35.2 Å². The number of hydrogen-bond donors (Lipinski definition) is 1. The minimum Gasteiger partial charge on any atom is -0.376 e. The molecule has 0 heterocycles. The maximum absolute atomic E-state index is 5.61. The fourth-order valence-corrected chi connectivity index (χ4v) is 1.54. The second kappa shape index (κ2) is 4.49. The summed E-state index contributed by atoms with van der Waals surface area (Å²) in [6.45, 7) is 9.22. The largest absolute Gasteiger partial charge is 0.376 e. The Hall–Kier alpha value is 0.270. The minimum absolute atomic E-state index is 0.169. The van der Waals surface area contributed by atoms with Gasteiger partial charge in [-0.05, 0) is 6.92 Å². The van der Waals surface area contributed by atoms with E-state index < -0.39 is 0 Å². The van der Waals surface area contributed by atoms with Crippen LogP contribution in [0.3, 0.4) is 0 Å². The van der Waals surface area contributed by atoms with Crippen molar-refractivity contribution in [1.82, 2.24) is 0 Å². The normalized spacial score (nSPS) is 17.5. The SMILES string of the molecule is COC(C)(CN)CSC(C)(C)C. The van der Waals surface area contributed by atoms with Gasteiger partial charge in [-0.25, -0.2) is 0 Å². The summed E-state index contributed by atoms with van der Waals surface area (Å²) in [7, 11) is 1.72. The molecule has 2 N–H and O–H groups in total. The van der Waals surface area contributed by atoms with Gasteiger partial charge in [-0.1, -0.05) is 20.8 Å². The first-order chi connectivity index (χ1) is 5.33. The summed E-state index contributed by atoms with van der Waals surface area (Å²) in [5.74, 6) is 0.948. The summed E-state index contributed by atoms with van der Waals surface area (Å²) in [5.41, 5.74) is 5.44. The summed E-state index contributed by atoms with van der Waals surface area (Å²) in [6, 6.07) is 0. The van der Waals surface area contributed by atoms with Gasteiger partial charge in [-0.15, -0.1) is 0 Å². The molecule has 0 saturated carbocycles. The lowest BCUT2D eigenvalue weighted by Crippen LogP contribution is -2.40. The molecule has 0 aromatic heterocycles. The molecule has 0 aliphatic heterocycles. The van der Waals surface area contributed by atoms with E-state index >= 15 is 0 Å². The van der Waals surface area contributed by atoms with E-state index in [0.29, 0.717) is 6.54 Å². The van der Waals surface area contributed by atoms with Crippen molar-refractivity contribution in [2.24, 2.45) is 5.73 Å². The maximum atomic E-state index is 5.61. The van der Waals surface area contributed by atoms with Crippen LogP contribution in [-0.4, -0.2) is 29.8 Å².